The highest BCUT2D eigenvalue weighted by Crippen LogP contribution is 2.32. The highest BCUT2D eigenvalue weighted by atomic mass is 32.2. The van der Waals surface area contributed by atoms with Gasteiger partial charge >= 0.3 is 0 Å². The summed E-state index contributed by atoms with van der Waals surface area (Å²) in [4.78, 5) is 18.3. The summed E-state index contributed by atoms with van der Waals surface area (Å²) in [7, 11) is -3.79. The summed E-state index contributed by atoms with van der Waals surface area (Å²) >= 11 is 1.50. The van der Waals surface area contributed by atoms with E-state index in [1.807, 2.05) is 19.9 Å². The number of rotatable bonds is 5. The molecule has 10 heteroatoms. The van der Waals surface area contributed by atoms with Crippen molar-refractivity contribution in [1.29, 1.82) is 0 Å². The van der Waals surface area contributed by atoms with Gasteiger partial charge in [-0.3, -0.25) is 4.79 Å². The summed E-state index contributed by atoms with van der Waals surface area (Å²) in [5.41, 5.74) is 3.80. The topological polar surface area (TPSA) is 97.2 Å². The number of amides is 1. The molecule has 3 heterocycles. The smallest absolute Gasteiger partial charge is 0.243 e. The lowest BCUT2D eigenvalue weighted by Gasteiger charge is -2.23. The zero-order valence-electron chi connectivity index (χ0n) is 21.6. The molecular formula is C27H31N5O3S2. The fourth-order valence-electron chi connectivity index (χ4n) is 4.55. The Hall–Kier alpha value is -3.08. The van der Waals surface area contributed by atoms with Crippen LogP contribution in [0.5, 0.6) is 0 Å². The van der Waals surface area contributed by atoms with Crippen LogP contribution in [0.2, 0.25) is 0 Å². The second-order valence-corrected chi connectivity index (χ2v) is 13.5. The van der Waals surface area contributed by atoms with E-state index < -0.39 is 16.1 Å². The van der Waals surface area contributed by atoms with Crippen molar-refractivity contribution in [2.75, 3.05) is 11.9 Å². The predicted octanol–water partition coefficient (Wildman–Crippen LogP) is 5.19. The number of nitrogens with one attached hydrogen (secondary N) is 1. The van der Waals surface area contributed by atoms with Gasteiger partial charge in [0.2, 0.25) is 21.1 Å². The van der Waals surface area contributed by atoms with Crippen molar-refractivity contribution in [1.82, 2.24) is 19.1 Å². The molecule has 1 atom stereocenters. The van der Waals surface area contributed by atoms with Crippen molar-refractivity contribution < 1.29 is 13.2 Å². The molecule has 1 fully saturated rings. The third-order valence-electron chi connectivity index (χ3n) is 6.64. The number of sulfonamides is 1. The number of hydrogen-bond donors (Lipinski definition) is 1. The van der Waals surface area contributed by atoms with E-state index in [0.717, 1.165) is 21.5 Å². The van der Waals surface area contributed by atoms with Crippen LogP contribution in [-0.4, -0.2) is 46.0 Å². The van der Waals surface area contributed by atoms with Gasteiger partial charge in [-0.25, -0.2) is 13.4 Å². The lowest BCUT2D eigenvalue weighted by Crippen LogP contribution is -2.43. The van der Waals surface area contributed by atoms with Gasteiger partial charge in [0.15, 0.2) is 0 Å². The number of benzene rings is 2. The van der Waals surface area contributed by atoms with Crippen LogP contribution >= 0.6 is 11.3 Å². The standard InChI is InChI=1S/C27H31N5O3S2/c1-17-8-11-20(12-9-17)37(34,35)31-14-6-7-22(31)25(33)29-24-15-18(2)30-32(24)26-28-21-13-10-19(27(3,4)5)16-23(21)36-26/h8-13,15-16,22H,6-7,14H2,1-5H3,(H,29,33). The maximum Gasteiger partial charge on any atom is 0.243 e. The molecule has 1 unspecified atom stereocenters. The molecule has 2 aromatic heterocycles. The first-order valence-electron chi connectivity index (χ1n) is 12.3. The van der Waals surface area contributed by atoms with Crippen molar-refractivity contribution in [2.24, 2.45) is 0 Å². The molecule has 1 aliphatic heterocycles. The molecular weight excluding hydrogens is 506 g/mol. The first-order valence-corrected chi connectivity index (χ1v) is 14.6. The molecule has 194 valence electrons. The van der Waals surface area contributed by atoms with Crippen molar-refractivity contribution in [3.63, 3.8) is 0 Å². The Kier molecular flexibility index (Phi) is 6.45. The Morgan fingerprint density at radius 2 is 1.81 bits per heavy atom. The Bertz CT molecular complexity index is 1580. The first kappa shape index (κ1) is 25.6. The Balaban J connectivity index is 1.42. The van der Waals surface area contributed by atoms with Crippen LogP contribution in [0.25, 0.3) is 15.3 Å². The second-order valence-electron chi connectivity index (χ2n) is 10.6. The highest BCUT2D eigenvalue weighted by molar-refractivity contribution is 7.89. The first-order chi connectivity index (χ1) is 17.4. The Morgan fingerprint density at radius 1 is 1.08 bits per heavy atom. The average molecular weight is 538 g/mol. The molecule has 4 aromatic rings. The summed E-state index contributed by atoms with van der Waals surface area (Å²) in [6.45, 7) is 10.6. The molecule has 0 saturated carbocycles. The molecule has 1 N–H and O–H groups in total. The molecule has 8 nitrogen and oxygen atoms in total. The third kappa shape index (κ3) is 4.93. The maximum atomic E-state index is 13.4. The number of thiazole rings is 1. The molecule has 5 rings (SSSR count). The SMILES string of the molecule is Cc1ccc(S(=O)(=O)N2CCCC2C(=O)Nc2cc(C)nn2-c2nc3ccc(C(C)(C)C)cc3s2)cc1. The molecule has 1 aliphatic rings. The van der Waals surface area contributed by atoms with Crippen LogP contribution in [-0.2, 0) is 20.2 Å². The lowest BCUT2D eigenvalue weighted by atomic mass is 9.87. The number of hydrogen-bond acceptors (Lipinski definition) is 6. The van der Waals surface area contributed by atoms with Crippen LogP contribution in [0.15, 0.2) is 53.4 Å². The van der Waals surface area contributed by atoms with Gasteiger partial charge in [0, 0.05) is 12.6 Å². The summed E-state index contributed by atoms with van der Waals surface area (Å²) in [5, 5.41) is 8.14. The van der Waals surface area contributed by atoms with Gasteiger partial charge in [-0.15, -0.1) is 0 Å². The molecule has 37 heavy (non-hydrogen) atoms. The lowest BCUT2D eigenvalue weighted by molar-refractivity contribution is -0.119. The van der Waals surface area contributed by atoms with Crippen LogP contribution < -0.4 is 5.32 Å². The van der Waals surface area contributed by atoms with Gasteiger partial charge in [-0.05, 0) is 61.9 Å². The zero-order valence-corrected chi connectivity index (χ0v) is 23.3. The van der Waals surface area contributed by atoms with Gasteiger partial charge in [0.1, 0.15) is 11.9 Å². The van der Waals surface area contributed by atoms with Gasteiger partial charge in [-0.2, -0.15) is 14.1 Å². The Morgan fingerprint density at radius 3 is 2.51 bits per heavy atom. The highest BCUT2D eigenvalue weighted by Gasteiger charge is 2.39. The van der Waals surface area contributed by atoms with Crippen molar-refractivity contribution in [3.05, 3.63) is 65.4 Å². The predicted molar refractivity (Wildman–Crippen MR) is 147 cm³/mol. The van der Waals surface area contributed by atoms with Crippen molar-refractivity contribution in [2.45, 2.75) is 63.8 Å². The minimum absolute atomic E-state index is 0.0197. The van der Waals surface area contributed by atoms with E-state index in [1.165, 1.54) is 21.2 Å². The molecule has 0 spiro atoms. The van der Waals surface area contributed by atoms with Crippen molar-refractivity contribution in [3.8, 4) is 5.13 Å². The van der Waals surface area contributed by atoms with E-state index in [2.05, 4.69) is 43.3 Å². The summed E-state index contributed by atoms with van der Waals surface area (Å²) < 4.78 is 30.6. The van der Waals surface area contributed by atoms with Gasteiger partial charge < -0.3 is 5.32 Å². The number of anilines is 1. The fraction of sp³-hybridized carbons (Fsp3) is 0.370. The van der Waals surface area contributed by atoms with E-state index in [1.54, 1.807) is 35.0 Å². The molecule has 0 aliphatic carbocycles. The van der Waals surface area contributed by atoms with E-state index in [-0.39, 0.29) is 16.2 Å². The summed E-state index contributed by atoms with van der Waals surface area (Å²) in [6, 6.07) is 13.9. The van der Waals surface area contributed by atoms with Crippen LogP contribution in [0, 0.1) is 13.8 Å². The van der Waals surface area contributed by atoms with Gasteiger partial charge in [-0.1, -0.05) is 55.9 Å². The number of aromatic nitrogens is 3. The molecule has 0 radical (unpaired) electrons. The third-order valence-corrected chi connectivity index (χ3v) is 9.56. The van der Waals surface area contributed by atoms with Crippen molar-refractivity contribution >= 4 is 43.3 Å². The fourth-order valence-corrected chi connectivity index (χ4v) is 7.18. The van der Waals surface area contributed by atoms with Gasteiger partial charge in [0.25, 0.3) is 0 Å². The quantitative estimate of drug-likeness (QED) is 0.378. The normalized spacial score (nSPS) is 16.9. The molecule has 1 saturated heterocycles. The zero-order chi connectivity index (χ0) is 26.5. The monoisotopic (exact) mass is 537 g/mol. The Labute approximate surface area is 221 Å². The minimum atomic E-state index is -3.79. The van der Waals surface area contributed by atoms with Crippen LogP contribution in [0.3, 0.4) is 0 Å². The summed E-state index contributed by atoms with van der Waals surface area (Å²) in [6.07, 6.45) is 1.08. The molecule has 2 aromatic carbocycles. The summed E-state index contributed by atoms with van der Waals surface area (Å²) in [5.74, 6) is 0.0997. The van der Waals surface area contributed by atoms with E-state index in [9.17, 15) is 13.2 Å². The number of carbonyl (C=O) groups excluding carboxylic acids is 1. The second kappa shape index (κ2) is 9.34. The molecule has 1 amide bonds. The van der Waals surface area contributed by atoms with E-state index >= 15 is 0 Å². The minimum Gasteiger partial charge on any atom is -0.309 e. The van der Waals surface area contributed by atoms with E-state index in [0.29, 0.717) is 30.3 Å². The largest absolute Gasteiger partial charge is 0.309 e. The number of aryl methyl sites for hydroxylation is 2. The van der Waals surface area contributed by atoms with Crippen LogP contribution in [0.4, 0.5) is 5.82 Å². The van der Waals surface area contributed by atoms with Crippen LogP contribution in [0.1, 0.15) is 50.4 Å². The average Bonchev–Trinajstić information content (AvgIpc) is 3.56. The maximum absolute atomic E-state index is 13.4. The number of fused-ring (bicyclic) bond motifs is 1. The number of carbonyl (C=O) groups is 1. The van der Waals surface area contributed by atoms with E-state index in [4.69, 9.17) is 4.98 Å². The molecule has 0 bridgehead atoms. The van der Waals surface area contributed by atoms with Gasteiger partial charge in [0.05, 0.1) is 20.8 Å². The number of nitrogens with zero attached hydrogens (tertiary/aromatic N) is 4.